The second-order valence-electron chi connectivity index (χ2n) is 5.56. The van der Waals surface area contributed by atoms with Crippen LogP contribution < -0.4 is 15.4 Å². The molecule has 2 N–H and O–H groups in total. The first-order chi connectivity index (χ1) is 12.6. The van der Waals surface area contributed by atoms with Crippen LogP contribution in [0.1, 0.15) is 28.9 Å². The Hall–Kier alpha value is -3.35. The number of ether oxygens (including phenoxy) is 1. The molecule has 3 aromatic rings. The number of aromatic nitrogens is 2. The molecule has 2 aromatic heterocycles. The molecule has 134 valence electrons. The van der Waals surface area contributed by atoms with Gasteiger partial charge in [0.15, 0.2) is 0 Å². The number of aryl methyl sites for hydroxylation is 1. The van der Waals surface area contributed by atoms with Gasteiger partial charge in [0.1, 0.15) is 17.2 Å². The highest BCUT2D eigenvalue weighted by molar-refractivity contribution is 5.92. The van der Waals surface area contributed by atoms with Crippen molar-refractivity contribution in [3.05, 3.63) is 65.9 Å². The number of nitrogens with one attached hydrogen (secondary N) is 2. The summed E-state index contributed by atoms with van der Waals surface area (Å²) < 4.78 is 10.6. The quantitative estimate of drug-likeness (QED) is 0.677. The van der Waals surface area contributed by atoms with Crippen LogP contribution in [0.25, 0.3) is 0 Å². The van der Waals surface area contributed by atoms with Crippen LogP contribution in [0.15, 0.2) is 53.1 Å². The molecule has 0 saturated carbocycles. The molecule has 0 aliphatic carbocycles. The van der Waals surface area contributed by atoms with Crippen LogP contribution in [0, 0.1) is 6.92 Å². The van der Waals surface area contributed by atoms with E-state index in [0.29, 0.717) is 30.6 Å². The van der Waals surface area contributed by atoms with Gasteiger partial charge < -0.3 is 19.8 Å². The first kappa shape index (κ1) is 17.5. The number of hydrogen-bond acceptors (Lipinski definition) is 6. The van der Waals surface area contributed by atoms with Crippen molar-refractivity contribution in [2.75, 3.05) is 11.9 Å². The number of nitrogens with zero attached hydrogens (tertiary/aromatic N) is 2. The second-order valence-corrected chi connectivity index (χ2v) is 5.56. The van der Waals surface area contributed by atoms with E-state index in [-0.39, 0.29) is 11.6 Å². The van der Waals surface area contributed by atoms with E-state index in [1.54, 1.807) is 24.5 Å². The molecule has 0 aliphatic heterocycles. The zero-order valence-electron chi connectivity index (χ0n) is 14.7. The SMILES string of the molecule is CCOc1ccc(Nc2nc(C)cc(C(=O)NCc3ccco3)n2)cc1. The van der Waals surface area contributed by atoms with Crippen LogP contribution in [-0.2, 0) is 6.54 Å². The van der Waals surface area contributed by atoms with Crippen molar-refractivity contribution in [3.8, 4) is 5.75 Å². The van der Waals surface area contributed by atoms with Crippen molar-refractivity contribution < 1.29 is 13.9 Å². The van der Waals surface area contributed by atoms with Gasteiger partial charge in [-0.3, -0.25) is 4.79 Å². The molecular weight excluding hydrogens is 332 g/mol. The predicted octanol–water partition coefficient (Wildman–Crippen LogP) is 3.45. The van der Waals surface area contributed by atoms with E-state index in [2.05, 4.69) is 20.6 Å². The topological polar surface area (TPSA) is 89.3 Å². The van der Waals surface area contributed by atoms with Crippen LogP contribution in [0.2, 0.25) is 0 Å². The van der Waals surface area contributed by atoms with E-state index in [0.717, 1.165) is 11.4 Å². The number of rotatable bonds is 7. The summed E-state index contributed by atoms with van der Waals surface area (Å²) >= 11 is 0. The lowest BCUT2D eigenvalue weighted by molar-refractivity contribution is 0.0943. The molecule has 0 saturated heterocycles. The maximum absolute atomic E-state index is 12.3. The molecule has 1 amide bonds. The highest BCUT2D eigenvalue weighted by Gasteiger charge is 2.11. The van der Waals surface area contributed by atoms with Crippen molar-refractivity contribution >= 4 is 17.5 Å². The highest BCUT2D eigenvalue weighted by Crippen LogP contribution is 2.18. The van der Waals surface area contributed by atoms with Crippen molar-refractivity contribution in [3.63, 3.8) is 0 Å². The third kappa shape index (κ3) is 4.60. The average Bonchev–Trinajstić information content (AvgIpc) is 3.15. The summed E-state index contributed by atoms with van der Waals surface area (Å²) in [6, 6.07) is 12.7. The lowest BCUT2D eigenvalue weighted by Crippen LogP contribution is -2.24. The molecule has 0 bridgehead atoms. The molecular formula is C19H20N4O3. The van der Waals surface area contributed by atoms with Crippen LogP contribution >= 0.6 is 0 Å². The molecule has 7 heteroatoms. The van der Waals surface area contributed by atoms with Gasteiger partial charge in [-0.05, 0) is 56.3 Å². The van der Waals surface area contributed by atoms with Gasteiger partial charge in [0, 0.05) is 11.4 Å². The standard InChI is InChI=1S/C19H20N4O3/c1-3-25-15-8-6-14(7-9-15)22-19-21-13(2)11-17(23-19)18(24)20-12-16-5-4-10-26-16/h4-11H,3,12H2,1-2H3,(H,20,24)(H,21,22,23). The van der Waals surface area contributed by atoms with Crippen LogP contribution in [0.4, 0.5) is 11.6 Å². The number of carbonyl (C=O) groups is 1. The molecule has 0 aliphatic rings. The fraction of sp³-hybridized carbons (Fsp3) is 0.211. The number of hydrogen-bond donors (Lipinski definition) is 2. The summed E-state index contributed by atoms with van der Waals surface area (Å²) in [7, 11) is 0. The Bertz CT molecular complexity index is 861. The number of amides is 1. The Morgan fingerprint density at radius 2 is 2.00 bits per heavy atom. The zero-order chi connectivity index (χ0) is 18.4. The summed E-state index contributed by atoms with van der Waals surface area (Å²) in [6.45, 7) is 4.67. The van der Waals surface area contributed by atoms with Gasteiger partial charge in [-0.25, -0.2) is 9.97 Å². The van der Waals surface area contributed by atoms with Gasteiger partial charge in [-0.15, -0.1) is 0 Å². The fourth-order valence-corrected chi connectivity index (χ4v) is 2.34. The molecule has 0 unspecified atom stereocenters. The van der Waals surface area contributed by atoms with E-state index in [4.69, 9.17) is 9.15 Å². The molecule has 26 heavy (non-hydrogen) atoms. The van der Waals surface area contributed by atoms with Crippen LogP contribution in [0.3, 0.4) is 0 Å². The predicted molar refractivity (Wildman–Crippen MR) is 97.5 cm³/mol. The number of anilines is 2. The number of furan rings is 1. The largest absolute Gasteiger partial charge is 0.494 e. The summed E-state index contributed by atoms with van der Waals surface area (Å²) in [4.78, 5) is 20.9. The normalized spacial score (nSPS) is 10.4. The second kappa shape index (κ2) is 8.15. The Morgan fingerprint density at radius 1 is 1.19 bits per heavy atom. The van der Waals surface area contributed by atoms with Crippen molar-refractivity contribution in [2.45, 2.75) is 20.4 Å². The van der Waals surface area contributed by atoms with Gasteiger partial charge in [-0.2, -0.15) is 0 Å². The summed E-state index contributed by atoms with van der Waals surface area (Å²) in [5.74, 6) is 1.54. The monoisotopic (exact) mass is 352 g/mol. The summed E-state index contributed by atoms with van der Waals surface area (Å²) in [5.41, 5.74) is 1.79. The molecule has 0 fully saturated rings. The summed E-state index contributed by atoms with van der Waals surface area (Å²) in [6.07, 6.45) is 1.56. The van der Waals surface area contributed by atoms with Gasteiger partial charge in [0.2, 0.25) is 5.95 Å². The maximum Gasteiger partial charge on any atom is 0.270 e. The van der Waals surface area contributed by atoms with Crippen LogP contribution in [0.5, 0.6) is 5.75 Å². The third-order valence-electron chi connectivity index (χ3n) is 3.51. The Balaban J connectivity index is 1.69. The molecule has 2 heterocycles. The minimum atomic E-state index is -0.290. The van der Waals surface area contributed by atoms with Crippen LogP contribution in [-0.4, -0.2) is 22.5 Å². The first-order valence-corrected chi connectivity index (χ1v) is 8.30. The smallest absolute Gasteiger partial charge is 0.270 e. The van der Waals surface area contributed by atoms with Crippen molar-refractivity contribution in [2.24, 2.45) is 0 Å². The van der Waals surface area contributed by atoms with Crippen molar-refractivity contribution in [1.82, 2.24) is 15.3 Å². The molecule has 0 spiro atoms. The molecule has 7 nitrogen and oxygen atoms in total. The van der Waals surface area contributed by atoms with E-state index in [1.807, 2.05) is 38.1 Å². The lowest BCUT2D eigenvalue weighted by atomic mass is 10.3. The zero-order valence-corrected chi connectivity index (χ0v) is 14.7. The van der Waals surface area contributed by atoms with Gasteiger partial charge >= 0.3 is 0 Å². The van der Waals surface area contributed by atoms with Gasteiger partial charge in [-0.1, -0.05) is 0 Å². The lowest BCUT2D eigenvalue weighted by Gasteiger charge is -2.09. The third-order valence-corrected chi connectivity index (χ3v) is 3.51. The summed E-state index contributed by atoms with van der Waals surface area (Å²) in [5, 5.41) is 5.88. The Labute approximate surface area is 151 Å². The number of carbonyl (C=O) groups excluding carboxylic acids is 1. The Kier molecular flexibility index (Phi) is 5.48. The Morgan fingerprint density at radius 3 is 2.69 bits per heavy atom. The average molecular weight is 352 g/mol. The molecule has 1 aromatic carbocycles. The van der Waals surface area contributed by atoms with E-state index < -0.39 is 0 Å². The van der Waals surface area contributed by atoms with E-state index in [1.165, 1.54) is 0 Å². The van der Waals surface area contributed by atoms with Crippen molar-refractivity contribution in [1.29, 1.82) is 0 Å². The molecule has 0 atom stereocenters. The minimum Gasteiger partial charge on any atom is -0.494 e. The fourth-order valence-electron chi connectivity index (χ4n) is 2.34. The number of benzene rings is 1. The maximum atomic E-state index is 12.3. The molecule has 3 rings (SSSR count). The first-order valence-electron chi connectivity index (χ1n) is 8.30. The minimum absolute atomic E-state index is 0.289. The van der Waals surface area contributed by atoms with E-state index >= 15 is 0 Å². The van der Waals surface area contributed by atoms with Gasteiger partial charge in [0.05, 0.1) is 19.4 Å². The van der Waals surface area contributed by atoms with E-state index in [9.17, 15) is 4.79 Å². The highest BCUT2D eigenvalue weighted by atomic mass is 16.5. The molecule has 0 radical (unpaired) electrons. The van der Waals surface area contributed by atoms with Gasteiger partial charge in [0.25, 0.3) is 5.91 Å².